The van der Waals surface area contributed by atoms with Crippen molar-refractivity contribution in [1.29, 1.82) is 0 Å². The molecule has 0 spiro atoms. The highest BCUT2D eigenvalue weighted by molar-refractivity contribution is 7.86. The van der Waals surface area contributed by atoms with E-state index in [-0.39, 0.29) is 14.9 Å². The molecule has 0 saturated heterocycles. The second-order valence-corrected chi connectivity index (χ2v) is 4.63. The minimum absolute atomic E-state index is 0.0971. The lowest BCUT2D eigenvalue weighted by Crippen LogP contribution is -2.02. The van der Waals surface area contributed by atoms with Gasteiger partial charge >= 0.3 is 0 Å². The summed E-state index contributed by atoms with van der Waals surface area (Å²) in [6, 6.07) is 2.94. The van der Waals surface area contributed by atoms with Gasteiger partial charge in [0.15, 0.2) is 0 Å². The Bertz CT molecular complexity index is 439. The summed E-state index contributed by atoms with van der Waals surface area (Å²) in [7, 11) is -4.30. The molecule has 3 nitrogen and oxygen atoms in total. The zero-order chi connectivity index (χ0) is 10.2. The predicted molar refractivity (Wildman–Crippen MR) is 51.0 cm³/mol. The molecule has 0 heterocycles. The van der Waals surface area contributed by atoms with Gasteiger partial charge in [0, 0.05) is 0 Å². The quantitative estimate of drug-likeness (QED) is 0.768. The number of aryl methyl sites for hydroxylation is 1. The van der Waals surface area contributed by atoms with Crippen LogP contribution >= 0.6 is 23.2 Å². The van der Waals surface area contributed by atoms with Crippen LogP contribution in [0.25, 0.3) is 0 Å². The fourth-order valence-corrected chi connectivity index (χ4v) is 2.47. The molecule has 0 aromatic heterocycles. The lowest BCUT2D eigenvalue weighted by molar-refractivity contribution is 0.482. The van der Waals surface area contributed by atoms with E-state index in [9.17, 15) is 8.42 Å². The Kier molecular flexibility index (Phi) is 2.87. The van der Waals surface area contributed by atoms with Gasteiger partial charge in [0.25, 0.3) is 10.1 Å². The Balaban J connectivity index is 3.62. The maximum atomic E-state index is 10.8. The first kappa shape index (κ1) is 10.8. The van der Waals surface area contributed by atoms with Crippen LogP contribution < -0.4 is 0 Å². The second-order valence-electron chi connectivity index (χ2n) is 2.48. The summed E-state index contributed by atoms with van der Waals surface area (Å²) in [5.74, 6) is 0. The molecule has 0 saturated carbocycles. The minimum atomic E-state index is -4.30. The van der Waals surface area contributed by atoms with Gasteiger partial charge in [-0.3, -0.25) is 4.55 Å². The molecule has 0 bridgehead atoms. The predicted octanol–water partition coefficient (Wildman–Crippen LogP) is 2.55. The molecule has 0 aliphatic rings. The van der Waals surface area contributed by atoms with Gasteiger partial charge in [-0.15, -0.1) is 0 Å². The molecule has 1 rings (SSSR count). The third-order valence-corrected chi connectivity index (χ3v) is 3.46. The normalized spacial score (nSPS) is 11.7. The van der Waals surface area contributed by atoms with Gasteiger partial charge in [-0.1, -0.05) is 29.3 Å². The molecule has 0 fully saturated rings. The molecular formula is C7H6Cl2O3S. The van der Waals surface area contributed by atoms with Crippen LogP contribution in [0.1, 0.15) is 5.56 Å². The van der Waals surface area contributed by atoms with Crippen molar-refractivity contribution < 1.29 is 13.0 Å². The molecule has 13 heavy (non-hydrogen) atoms. The fraction of sp³-hybridized carbons (Fsp3) is 0.143. The largest absolute Gasteiger partial charge is 0.296 e. The van der Waals surface area contributed by atoms with E-state index in [1.54, 1.807) is 0 Å². The monoisotopic (exact) mass is 240 g/mol. The van der Waals surface area contributed by atoms with Crippen molar-refractivity contribution in [3.8, 4) is 0 Å². The van der Waals surface area contributed by atoms with Crippen molar-refractivity contribution in [2.75, 3.05) is 0 Å². The van der Waals surface area contributed by atoms with Crippen molar-refractivity contribution in [2.45, 2.75) is 11.8 Å². The summed E-state index contributed by atoms with van der Waals surface area (Å²) in [6.45, 7) is 1.52. The van der Waals surface area contributed by atoms with E-state index < -0.39 is 10.1 Å². The second kappa shape index (κ2) is 3.46. The van der Waals surface area contributed by atoms with Crippen LogP contribution in [0.2, 0.25) is 10.0 Å². The number of rotatable bonds is 1. The van der Waals surface area contributed by atoms with Crippen molar-refractivity contribution in [2.24, 2.45) is 0 Å². The van der Waals surface area contributed by atoms with Gasteiger partial charge < -0.3 is 0 Å². The van der Waals surface area contributed by atoms with Crippen LogP contribution in [0.4, 0.5) is 0 Å². The van der Waals surface area contributed by atoms with Gasteiger partial charge in [0.2, 0.25) is 0 Å². The maximum absolute atomic E-state index is 10.8. The van der Waals surface area contributed by atoms with Crippen molar-refractivity contribution in [3.05, 3.63) is 27.7 Å². The molecule has 1 aromatic carbocycles. The standard InChI is InChI=1S/C7H6Cl2O3S/c1-4-2-3-5(8)6(9)7(4)13(10,11)12/h2-3H,1H3,(H,10,11,12). The molecular weight excluding hydrogens is 235 g/mol. The number of benzene rings is 1. The first-order valence-corrected chi connectivity index (χ1v) is 5.45. The Hall–Kier alpha value is -0.290. The molecule has 6 heteroatoms. The SMILES string of the molecule is Cc1ccc(Cl)c(Cl)c1S(=O)(=O)O. The van der Waals surface area contributed by atoms with E-state index in [0.717, 1.165) is 0 Å². The number of hydrogen-bond acceptors (Lipinski definition) is 2. The highest BCUT2D eigenvalue weighted by Gasteiger charge is 2.19. The Morgan fingerprint density at radius 1 is 1.31 bits per heavy atom. The smallest absolute Gasteiger partial charge is 0.282 e. The van der Waals surface area contributed by atoms with E-state index in [4.69, 9.17) is 27.8 Å². The van der Waals surface area contributed by atoms with E-state index in [0.29, 0.717) is 5.56 Å². The van der Waals surface area contributed by atoms with Gasteiger partial charge in [-0.25, -0.2) is 0 Å². The molecule has 0 aliphatic heterocycles. The van der Waals surface area contributed by atoms with Crippen LogP contribution in [-0.4, -0.2) is 13.0 Å². The summed E-state index contributed by atoms with van der Waals surface area (Å²) in [5.41, 5.74) is 0.358. The average molecular weight is 241 g/mol. The first-order chi connectivity index (χ1) is 5.84. The molecule has 0 radical (unpaired) electrons. The zero-order valence-corrected chi connectivity index (χ0v) is 8.91. The van der Waals surface area contributed by atoms with E-state index in [1.165, 1.54) is 19.1 Å². The first-order valence-electron chi connectivity index (χ1n) is 3.26. The molecule has 0 aliphatic carbocycles. The molecule has 0 amide bonds. The molecule has 72 valence electrons. The number of halogens is 2. The third-order valence-electron chi connectivity index (χ3n) is 1.50. The summed E-state index contributed by atoms with van der Waals surface area (Å²) in [5, 5.41) is -0.0518. The van der Waals surface area contributed by atoms with E-state index >= 15 is 0 Å². The summed E-state index contributed by atoms with van der Waals surface area (Å²) >= 11 is 11.2. The highest BCUT2D eigenvalue weighted by Crippen LogP contribution is 2.31. The van der Waals surface area contributed by atoms with Crippen LogP contribution in [0.5, 0.6) is 0 Å². The molecule has 0 atom stereocenters. The average Bonchev–Trinajstić information content (AvgIpc) is 1.95. The lowest BCUT2D eigenvalue weighted by Gasteiger charge is -2.05. The Morgan fingerprint density at radius 3 is 2.23 bits per heavy atom. The van der Waals surface area contributed by atoms with E-state index in [1.807, 2.05) is 0 Å². The summed E-state index contributed by atoms with van der Waals surface area (Å²) < 4.78 is 30.5. The Morgan fingerprint density at radius 2 is 1.85 bits per heavy atom. The highest BCUT2D eigenvalue weighted by atomic mass is 35.5. The minimum Gasteiger partial charge on any atom is -0.282 e. The van der Waals surface area contributed by atoms with Crippen molar-refractivity contribution >= 4 is 33.3 Å². The van der Waals surface area contributed by atoms with Crippen LogP contribution in [0.15, 0.2) is 17.0 Å². The molecule has 1 N–H and O–H groups in total. The fourth-order valence-electron chi connectivity index (χ4n) is 0.945. The lowest BCUT2D eigenvalue weighted by atomic mass is 10.2. The maximum Gasteiger partial charge on any atom is 0.296 e. The Labute approximate surface area is 86.0 Å². The van der Waals surface area contributed by atoms with Crippen molar-refractivity contribution in [3.63, 3.8) is 0 Å². The van der Waals surface area contributed by atoms with Crippen LogP contribution in [0, 0.1) is 6.92 Å². The zero-order valence-electron chi connectivity index (χ0n) is 6.58. The van der Waals surface area contributed by atoms with Crippen molar-refractivity contribution in [1.82, 2.24) is 0 Å². The van der Waals surface area contributed by atoms with Gasteiger partial charge in [-0.2, -0.15) is 8.42 Å². The van der Waals surface area contributed by atoms with Gasteiger partial charge in [0.05, 0.1) is 10.0 Å². The third kappa shape index (κ3) is 2.14. The molecule has 0 unspecified atom stereocenters. The van der Waals surface area contributed by atoms with E-state index in [2.05, 4.69) is 0 Å². The van der Waals surface area contributed by atoms with Gasteiger partial charge in [0.1, 0.15) is 4.90 Å². The van der Waals surface area contributed by atoms with Gasteiger partial charge in [-0.05, 0) is 18.6 Å². The van der Waals surface area contributed by atoms with Crippen LogP contribution in [-0.2, 0) is 10.1 Å². The topological polar surface area (TPSA) is 54.4 Å². The van der Waals surface area contributed by atoms with Crippen LogP contribution in [0.3, 0.4) is 0 Å². The number of hydrogen-bond donors (Lipinski definition) is 1. The molecule has 1 aromatic rings. The summed E-state index contributed by atoms with van der Waals surface area (Å²) in [6.07, 6.45) is 0. The summed E-state index contributed by atoms with van der Waals surface area (Å²) in [4.78, 5) is -0.332.